The summed E-state index contributed by atoms with van der Waals surface area (Å²) in [6.45, 7) is 3.47. The SMILES string of the molecule is Cc1ccc(-c2nc(SC(C)C(=O)O)c3c(=O)n(C)c(=O)n(C)c3n2)cc1. The fraction of sp³-hybridized carbons (Fsp3) is 0.278. The molecular weight excluding hydrogens is 368 g/mol. The van der Waals surface area contributed by atoms with E-state index in [1.807, 2.05) is 31.2 Å². The summed E-state index contributed by atoms with van der Waals surface area (Å²) in [6.07, 6.45) is 0. The molecule has 1 aromatic carbocycles. The third-order valence-electron chi connectivity index (χ3n) is 4.21. The van der Waals surface area contributed by atoms with E-state index in [2.05, 4.69) is 9.97 Å². The zero-order valence-electron chi connectivity index (χ0n) is 15.3. The molecule has 1 atom stereocenters. The number of hydrogen-bond donors (Lipinski definition) is 1. The number of nitrogens with zero attached hydrogens (tertiary/aromatic N) is 4. The van der Waals surface area contributed by atoms with Crippen LogP contribution in [0.2, 0.25) is 0 Å². The minimum Gasteiger partial charge on any atom is -0.480 e. The highest BCUT2D eigenvalue weighted by molar-refractivity contribution is 8.00. The predicted molar refractivity (Wildman–Crippen MR) is 103 cm³/mol. The van der Waals surface area contributed by atoms with Crippen LogP contribution in [-0.2, 0) is 18.9 Å². The molecule has 0 saturated heterocycles. The number of aromatic nitrogens is 4. The number of carbonyl (C=O) groups is 1. The van der Waals surface area contributed by atoms with Crippen LogP contribution in [0.3, 0.4) is 0 Å². The zero-order valence-corrected chi connectivity index (χ0v) is 16.1. The highest BCUT2D eigenvalue weighted by Crippen LogP contribution is 2.29. The summed E-state index contributed by atoms with van der Waals surface area (Å²) in [6, 6.07) is 7.48. The number of rotatable bonds is 4. The minimum absolute atomic E-state index is 0.133. The molecule has 3 aromatic rings. The quantitative estimate of drug-likeness (QED) is 0.536. The van der Waals surface area contributed by atoms with Crippen LogP contribution in [-0.4, -0.2) is 35.4 Å². The molecule has 140 valence electrons. The Morgan fingerprint density at radius 3 is 2.33 bits per heavy atom. The number of benzene rings is 1. The van der Waals surface area contributed by atoms with E-state index in [1.54, 1.807) is 0 Å². The van der Waals surface area contributed by atoms with Crippen LogP contribution in [0.5, 0.6) is 0 Å². The maximum atomic E-state index is 12.7. The monoisotopic (exact) mass is 386 g/mol. The summed E-state index contributed by atoms with van der Waals surface area (Å²) in [5, 5.41) is 8.80. The topological polar surface area (TPSA) is 107 Å². The number of aryl methyl sites for hydroxylation is 2. The Kier molecular flexibility index (Phi) is 4.88. The molecule has 2 heterocycles. The van der Waals surface area contributed by atoms with Crippen molar-refractivity contribution in [1.29, 1.82) is 0 Å². The van der Waals surface area contributed by atoms with E-state index >= 15 is 0 Å². The summed E-state index contributed by atoms with van der Waals surface area (Å²) >= 11 is 0.951. The van der Waals surface area contributed by atoms with E-state index in [0.29, 0.717) is 11.4 Å². The van der Waals surface area contributed by atoms with E-state index in [-0.39, 0.29) is 16.1 Å². The van der Waals surface area contributed by atoms with E-state index < -0.39 is 22.5 Å². The molecule has 0 saturated carbocycles. The normalized spacial score (nSPS) is 12.3. The van der Waals surface area contributed by atoms with Gasteiger partial charge in [0.1, 0.15) is 15.7 Å². The lowest BCUT2D eigenvalue weighted by atomic mass is 10.1. The first-order valence-corrected chi connectivity index (χ1v) is 9.03. The molecule has 0 radical (unpaired) electrons. The second-order valence-corrected chi connectivity index (χ2v) is 7.55. The molecule has 3 rings (SSSR count). The van der Waals surface area contributed by atoms with E-state index in [0.717, 1.165) is 21.9 Å². The van der Waals surface area contributed by atoms with Crippen molar-refractivity contribution in [1.82, 2.24) is 19.1 Å². The summed E-state index contributed by atoms with van der Waals surface area (Å²) in [5.74, 6) is -0.698. The third-order valence-corrected chi connectivity index (χ3v) is 5.29. The molecule has 9 heteroatoms. The van der Waals surface area contributed by atoms with Crippen molar-refractivity contribution < 1.29 is 9.90 Å². The van der Waals surface area contributed by atoms with Gasteiger partial charge in [0.05, 0.1) is 0 Å². The third kappa shape index (κ3) is 3.37. The number of carboxylic acid groups (broad SMARTS) is 1. The maximum Gasteiger partial charge on any atom is 0.332 e. The van der Waals surface area contributed by atoms with Crippen molar-refractivity contribution in [2.45, 2.75) is 24.1 Å². The first-order chi connectivity index (χ1) is 12.7. The fourth-order valence-corrected chi connectivity index (χ4v) is 3.44. The molecule has 0 fully saturated rings. The van der Waals surface area contributed by atoms with Crippen molar-refractivity contribution in [3.63, 3.8) is 0 Å². The van der Waals surface area contributed by atoms with Gasteiger partial charge in [-0.3, -0.25) is 18.7 Å². The van der Waals surface area contributed by atoms with Gasteiger partial charge in [0.2, 0.25) is 0 Å². The Hall–Kier alpha value is -2.94. The van der Waals surface area contributed by atoms with Gasteiger partial charge in [0.15, 0.2) is 11.5 Å². The van der Waals surface area contributed by atoms with Gasteiger partial charge in [0.25, 0.3) is 5.56 Å². The molecule has 1 unspecified atom stereocenters. The number of carboxylic acids is 1. The summed E-state index contributed by atoms with van der Waals surface area (Å²) in [7, 11) is 2.89. The van der Waals surface area contributed by atoms with E-state index in [9.17, 15) is 19.5 Å². The molecule has 0 spiro atoms. The average molecular weight is 386 g/mol. The highest BCUT2D eigenvalue weighted by atomic mass is 32.2. The molecule has 8 nitrogen and oxygen atoms in total. The Balaban J connectivity index is 2.37. The average Bonchev–Trinajstić information content (AvgIpc) is 2.64. The van der Waals surface area contributed by atoms with Crippen molar-refractivity contribution in [3.05, 3.63) is 50.7 Å². The van der Waals surface area contributed by atoms with Crippen molar-refractivity contribution in [3.8, 4) is 11.4 Å². The lowest BCUT2D eigenvalue weighted by molar-refractivity contribution is -0.136. The van der Waals surface area contributed by atoms with Crippen molar-refractivity contribution in [2.75, 3.05) is 0 Å². The van der Waals surface area contributed by atoms with Gasteiger partial charge < -0.3 is 5.11 Å². The molecule has 0 bridgehead atoms. The molecule has 27 heavy (non-hydrogen) atoms. The minimum atomic E-state index is -1.02. The van der Waals surface area contributed by atoms with Gasteiger partial charge >= 0.3 is 11.7 Å². The van der Waals surface area contributed by atoms with E-state index in [4.69, 9.17) is 0 Å². The molecule has 2 aromatic heterocycles. The number of hydrogen-bond acceptors (Lipinski definition) is 6. The van der Waals surface area contributed by atoms with Crippen LogP contribution < -0.4 is 11.2 Å². The Bertz CT molecular complexity index is 1170. The van der Waals surface area contributed by atoms with Gasteiger partial charge in [0, 0.05) is 19.7 Å². The van der Waals surface area contributed by atoms with Crippen LogP contribution in [0, 0.1) is 6.92 Å². The Morgan fingerprint density at radius 1 is 1.11 bits per heavy atom. The van der Waals surface area contributed by atoms with Crippen LogP contribution in [0.15, 0.2) is 38.9 Å². The standard InChI is InChI=1S/C18H18N4O4S/c1-9-5-7-11(8-6-9)13-19-14-12(15(20-13)27-10(2)17(24)25)16(23)22(4)18(26)21(14)3/h5-8,10H,1-4H3,(H,24,25). The molecule has 0 amide bonds. The van der Waals surface area contributed by atoms with Crippen LogP contribution in [0.1, 0.15) is 12.5 Å². The molecule has 0 aliphatic heterocycles. The highest BCUT2D eigenvalue weighted by Gasteiger charge is 2.22. The summed E-state index contributed by atoms with van der Waals surface area (Å²) in [4.78, 5) is 45.2. The first-order valence-electron chi connectivity index (χ1n) is 8.15. The lowest BCUT2D eigenvalue weighted by Gasteiger charge is -2.13. The zero-order chi connectivity index (χ0) is 19.9. The molecule has 0 aliphatic carbocycles. The number of thioether (sulfide) groups is 1. The summed E-state index contributed by atoms with van der Waals surface area (Å²) in [5.41, 5.74) is 0.885. The van der Waals surface area contributed by atoms with Crippen LogP contribution >= 0.6 is 11.8 Å². The van der Waals surface area contributed by atoms with Gasteiger partial charge in [-0.1, -0.05) is 41.6 Å². The lowest BCUT2D eigenvalue weighted by Crippen LogP contribution is -2.37. The Labute approximate surface area is 158 Å². The second kappa shape index (κ2) is 6.99. The smallest absolute Gasteiger partial charge is 0.332 e. The van der Waals surface area contributed by atoms with Gasteiger partial charge in [-0.15, -0.1) is 0 Å². The first kappa shape index (κ1) is 18.8. The van der Waals surface area contributed by atoms with Crippen molar-refractivity contribution in [2.24, 2.45) is 14.1 Å². The number of aliphatic carboxylic acids is 1. The van der Waals surface area contributed by atoms with Crippen molar-refractivity contribution >= 4 is 28.8 Å². The maximum absolute atomic E-state index is 12.7. The predicted octanol–water partition coefficient (Wildman–Crippen LogP) is 1.57. The molecule has 0 aliphatic rings. The number of fused-ring (bicyclic) bond motifs is 1. The second-order valence-electron chi connectivity index (χ2n) is 6.22. The fourth-order valence-electron chi connectivity index (χ4n) is 2.56. The van der Waals surface area contributed by atoms with Gasteiger partial charge in [-0.2, -0.15) is 0 Å². The van der Waals surface area contributed by atoms with Gasteiger partial charge in [-0.05, 0) is 13.8 Å². The molecule has 1 N–H and O–H groups in total. The van der Waals surface area contributed by atoms with E-state index in [1.165, 1.54) is 25.6 Å². The van der Waals surface area contributed by atoms with Gasteiger partial charge in [-0.25, -0.2) is 14.8 Å². The van der Waals surface area contributed by atoms with Crippen LogP contribution in [0.4, 0.5) is 0 Å². The Morgan fingerprint density at radius 2 is 1.74 bits per heavy atom. The van der Waals surface area contributed by atoms with Crippen LogP contribution in [0.25, 0.3) is 22.4 Å². The summed E-state index contributed by atoms with van der Waals surface area (Å²) < 4.78 is 2.23. The molecular formula is C18H18N4O4S. The largest absolute Gasteiger partial charge is 0.480 e.